The van der Waals surface area contributed by atoms with Crippen LogP contribution in [0.3, 0.4) is 0 Å². The van der Waals surface area contributed by atoms with Crippen LogP contribution in [0, 0.1) is 0 Å². The van der Waals surface area contributed by atoms with Crippen LogP contribution in [0.25, 0.3) is 101 Å². The molecule has 1 unspecified atom stereocenters. The van der Waals surface area contributed by atoms with Crippen LogP contribution in [0.1, 0.15) is 18.2 Å². The molecule has 0 aliphatic heterocycles. The Morgan fingerprint density at radius 2 is 0.852 bits per heavy atom. The molecule has 0 fully saturated rings. The number of furan rings is 1. The second-order valence-electron chi connectivity index (χ2n) is 15.0. The van der Waals surface area contributed by atoms with Crippen LogP contribution in [-0.2, 0) is 0 Å². The molecule has 7 nitrogen and oxygen atoms in total. The van der Waals surface area contributed by atoms with Crippen LogP contribution in [0.2, 0.25) is 0 Å². The van der Waals surface area contributed by atoms with Gasteiger partial charge >= 0.3 is 0 Å². The lowest BCUT2D eigenvalue weighted by molar-refractivity contribution is 0.669. The molecule has 1 aliphatic carbocycles. The van der Waals surface area contributed by atoms with E-state index in [1.165, 1.54) is 0 Å². The number of hydrogen-bond acceptors (Lipinski definition) is 7. The minimum atomic E-state index is 0.110. The van der Waals surface area contributed by atoms with Gasteiger partial charge in [0, 0.05) is 44.5 Å². The average Bonchev–Trinajstić information content (AvgIpc) is 3.73. The van der Waals surface area contributed by atoms with Crippen LogP contribution in [0.15, 0.2) is 205 Å². The molecule has 0 bridgehead atoms. The third-order valence-corrected chi connectivity index (χ3v) is 11.1. The molecular formula is C54H36N6O. The molecule has 0 radical (unpaired) electrons. The molecule has 61 heavy (non-hydrogen) atoms. The maximum absolute atomic E-state index is 6.43. The van der Waals surface area contributed by atoms with E-state index in [0.29, 0.717) is 29.1 Å². The van der Waals surface area contributed by atoms with Crippen molar-refractivity contribution in [1.82, 2.24) is 29.9 Å². The van der Waals surface area contributed by atoms with Crippen molar-refractivity contribution in [3.05, 3.63) is 206 Å². The fourth-order valence-corrected chi connectivity index (χ4v) is 7.96. The smallest absolute Gasteiger partial charge is 0.164 e. The summed E-state index contributed by atoms with van der Waals surface area (Å²) in [6, 6.07) is 59.8. The van der Waals surface area contributed by atoms with Crippen molar-refractivity contribution in [2.24, 2.45) is 0 Å². The van der Waals surface area contributed by atoms with Crippen molar-refractivity contribution in [1.29, 1.82) is 0 Å². The highest BCUT2D eigenvalue weighted by molar-refractivity contribution is 6.12. The van der Waals surface area contributed by atoms with Crippen molar-refractivity contribution >= 4 is 21.9 Å². The molecule has 1 atom stereocenters. The van der Waals surface area contributed by atoms with Gasteiger partial charge in [-0.05, 0) is 46.9 Å². The standard InChI is InChI=1S/C54H36N6O/c1-5-14-38(15-6-1)49-55-50(39-16-7-2-8-17-39)57-53(56-49)42-30-28-36(29-31-42)35-24-26-37(27-25-35)43-32-33-46-45(34-43)48-44(22-13-23-47(48)61-46)54-59-51(40-18-9-3-10-19-40)58-52(60-54)41-20-11-4-12-21-41/h1-16,18-34,39H,17H2. The Balaban J connectivity index is 0.919. The molecule has 288 valence electrons. The SMILES string of the molecule is C1=CCC(c2nc(-c3ccccc3)nc(-c3ccc(-c4ccc(-c5ccc6oc7cccc(-c8nc(-c9ccccc9)nc(-c9ccccc9)n8)c7c6c5)cc4)cc3)n2)C=C1. The van der Waals surface area contributed by atoms with Gasteiger partial charge in [-0.1, -0.05) is 182 Å². The monoisotopic (exact) mass is 784 g/mol. The van der Waals surface area contributed by atoms with Crippen molar-refractivity contribution in [3.8, 4) is 79.2 Å². The third-order valence-electron chi connectivity index (χ3n) is 11.1. The lowest BCUT2D eigenvalue weighted by atomic mass is 9.97. The predicted octanol–water partition coefficient (Wildman–Crippen LogP) is 13.2. The van der Waals surface area contributed by atoms with E-state index in [4.69, 9.17) is 34.3 Å². The molecule has 0 saturated carbocycles. The van der Waals surface area contributed by atoms with Gasteiger partial charge in [-0.15, -0.1) is 0 Å². The molecule has 0 saturated heterocycles. The summed E-state index contributed by atoms with van der Waals surface area (Å²) in [7, 11) is 0. The molecule has 1 aliphatic rings. The molecule has 0 N–H and O–H groups in total. The van der Waals surface area contributed by atoms with Crippen molar-refractivity contribution in [2.45, 2.75) is 12.3 Å². The quantitative estimate of drug-likeness (QED) is 0.151. The summed E-state index contributed by atoms with van der Waals surface area (Å²) in [5, 5.41) is 1.96. The highest BCUT2D eigenvalue weighted by Crippen LogP contribution is 2.39. The van der Waals surface area contributed by atoms with Crippen molar-refractivity contribution in [3.63, 3.8) is 0 Å². The highest BCUT2D eigenvalue weighted by Gasteiger charge is 2.20. The Bertz CT molecular complexity index is 3190. The van der Waals surface area contributed by atoms with E-state index in [9.17, 15) is 0 Å². The Morgan fingerprint density at radius 3 is 1.39 bits per heavy atom. The van der Waals surface area contributed by atoms with Gasteiger partial charge in [0.2, 0.25) is 0 Å². The lowest BCUT2D eigenvalue weighted by Gasteiger charge is -2.14. The van der Waals surface area contributed by atoms with Gasteiger partial charge in [-0.3, -0.25) is 0 Å². The molecule has 0 spiro atoms. The maximum atomic E-state index is 6.43. The Morgan fingerprint density at radius 1 is 0.377 bits per heavy atom. The molecule has 7 heteroatoms. The summed E-state index contributed by atoms with van der Waals surface area (Å²) in [5.74, 6) is 4.07. The van der Waals surface area contributed by atoms with Gasteiger partial charge in [-0.2, -0.15) is 0 Å². The summed E-state index contributed by atoms with van der Waals surface area (Å²) in [5.41, 5.74) is 10.6. The molecule has 3 heterocycles. The highest BCUT2D eigenvalue weighted by atomic mass is 16.3. The van der Waals surface area contributed by atoms with E-state index < -0.39 is 0 Å². The Kier molecular flexibility index (Phi) is 9.16. The van der Waals surface area contributed by atoms with Gasteiger partial charge in [0.25, 0.3) is 0 Å². The van der Waals surface area contributed by atoms with Crippen LogP contribution >= 0.6 is 0 Å². The van der Waals surface area contributed by atoms with Gasteiger partial charge < -0.3 is 4.42 Å². The van der Waals surface area contributed by atoms with Crippen molar-refractivity contribution in [2.75, 3.05) is 0 Å². The lowest BCUT2D eigenvalue weighted by Crippen LogP contribution is -2.07. The summed E-state index contributed by atoms with van der Waals surface area (Å²) < 4.78 is 6.43. The largest absolute Gasteiger partial charge is 0.456 e. The first-order valence-corrected chi connectivity index (χ1v) is 20.4. The van der Waals surface area contributed by atoms with E-state index in [1.54, 1.807) is 0 Å². The Hall–Kier alpha value is -8.16. The molecule has 0 amide bonds. The fourth-order valence-electron chi connectivity index (χ4n) is 7.96. The summed E-state index contributed by atoms with van der Waals surface area (Å²) in [6.45, 7) is 0. The van der Waals surface area contributed by atoms with Crippen LogP contribution in [0.4, 0.5) is 0 Å². The predicted molar refractivity (Wildman–Crippen MR) is 244 cm³/mol. The molecule has 3 aromatic heterocycles. The van der Waals surface area contributed by atoms with Gasteiger partial charge in [0.1, 0.15) is 17.0 Å². The average molecular weight is 785 g/mol. The van der Waals surface area contributed by atoms with Gasteiger partial charge in [-0.25, -0.2) is 29.9 Å². The van der Waals surface area contributed by atoms with Gasteiger partial charge in [0.15, 0.2) is 29.1 Å². The second-order valence-corrected chi connectivity index (χ2v) is 15.0. The zero-order valence-electron chi connectivity index (χ0n) is 32.9. The molecule has 7 aromatic carbocycles. The van der Waals surface area contributed by atoms with Crippen LogP contribution in [-0.4, -0.2) is 29.9 Å². The minimum Gasteiger partial charge on any atom is -0.456 e. The van der Waals surface area contributed by atoms with Crippen LogP contribution in [0.5, 0.6) is 0 Å². The summed E-state index contributed by atoms with van der Waals surface area (Å²) in [4.78, 5) is 29.8. The molecule has 10 aromatic rings. The number of aromatic nitrogens is 6. The number of rotatable bonds is 8. The zero-order valence-corrected chi connectivity index (χ0v) is 32.9. The molecular weight excluding hydrogens is 749 g/mol. The van der Waals surface area contributed by atoms with E-state index in [2.05, 4.69) is 97.1 Å². The van der Waals surface area contributed by atoms with E-state index in [-0.39, 0.29) is 5.92 Å². The van der Waals surface area contributed by atoms with Crippen molar-refractivity contribution < 1.29 is 4.42 Å². The van der Waals surface area contributed by atoms with Gasteiger partial charge in [0.05, 0.1) is 0 Å². The number of benzene rings is 7. The molecule has 11 rings (SSSR count). The fraction of sp³-hybridized carbons (Fsp3) is 0.0370. The van der Waals surface area contributed by atoms with E-state index in [0.717, 1.165) is 84.3 Å². The zero-order chi connectivity index (χ0) is 40.5. The third kappa shape index (κ3) is 7.08. The summed E-state index contributed by atoms with van der Waals surface area (Å²) in [6.07, 6.45) is 9.32. The first-order valence-electron chi connectivity index (χ1n) is 20.4. The number of nitrogens with zero attached hydrogens (tertiary/aromatic N) is 6. The number of allylic oxidation sites excluding steroid dienone is 4. The number of hydrogen-bond donors (Lipinski definition) is 0. The van der Waals surface area contributed by atoms with Crippen LogP contribution < -0.4 is 0 Å². The summed E-state index contributed by atoms with van der Waals surface area (Å²) >= 11 is 0. The second kappa shape index (κ2) is 15.5. The minimum absolute atomic E-state index is 0.110. The maximum Gasteiger partial charge on any atom is 0.164 e. The number of fused-ring (bicyclic) bond motifs is 3. The van der Waals surface area contributed by atoms with E-state index in [1.807, 2.05) is 103 Å². The first kappa shape index (κ1) is 36.0. The first-order chi connectivity index (χ1) is 30.2. The Labute approximate surface area is 352 Å². The topological polar surface area (TPSA) is 90.5 Å². The van der Waals surface area contributed by atoms with E-state index >= 15 is 0 Å². The normalized spacial score (nSPS) is 13.5.